The lowest BCUT2D eigenvalue weighted by Gasteiger charge is -2.55. The Balaban J connectivity index is 2.19. The summed E-state index contributed by atoms with van der Waals surface area (Å²) >= 11 is 0. The molecule has 6 heavy (non-hydrogen) atoms. The molecule has 34 valence electrons. The molecule has 0 saturated heterocycles. The molecule has 0 aliphatic heterocycles. The summed E-state index contributed by atoms with van der Waals surface area (Å²) in [4.78, 5) is 0. The summed E-state index contributed by atoms with van der Waals surface area (Å²) in [6, 6.07) is 0. The molecule has 0 aromatic heterocycles. The Bertz CT molecular complexity index is 70.9. The Morgan fingerprint density at radius 2 is 1.67 bits per heavy atom. The molecule has 0 spiro atoms. The lowest BCUT2D eigenvalue weighted by atomic mass is 9.54. The fraction of sp³-hybridized carbons (Fsp3) is 1.00. The van der Waals surface area contributed by atoms with E-state index in [1.165, 1.54) is 0 Å². The van der Waals surface area contributed by atoms with Crippen molar-refractivity contribution in [3.63, 3.8) is 0 Å². The third-order valence-corrected chi connectivity index (χ3v) is 1.96. The second-order valence-electron chi connectivity index (χ2n) is 2.63. The summed E-state index contributed by atoms with van der Waals surface area (Å²) in [7, 11) is 0. The number of alkyl halides is 1. The average Bonchev–Trinajstić information content (AvgIpc) is 1.24. The number of hydrogen-bond donors (Lipinski definition) is 0. The fourth-order valence-corrected chi connectivity index (χ4v) is 1.37. The Labute approximate surface area is 36.4 Å². The minimum atomic E-state index is -0.634. The third-order valence-electron chi connectivity index (χ3n) is 1.96. The van der Waals surface area contributed by atoms with Gasteiger partial charge in [0.2, 0.25) is 0 Å². The van der Waals surface area contributed by atoms with Crippen LogP contribution in [0.2, 0.25) is 0 Å². The molecular weight excluding hydrogens is 79.1 g/mol. The topological polar surface area (TPSA) is 0 Å². The molecule has 1 heteroatoms. The first-order valence-corrected chi connectivity index (χ1v) is 2.47. The Morgan fingerprint density at radius 3 is 1.67 bits per heavy atom. The highest BCUT2D eigenvalue weighted by Gasteiger charge is 2.57. The minimum absolute atomic E-state index is 0.634. The number of rotatable bonds is 0. The van der Waals surface area contributed by atoms with Crippen LogP contribution in [0, 0.1) is 5.92 Å². The summed E-state index contributed by atoms with van der Waals surface area (Å²) in [6.07, 6.45) is 2.65. The molecule has 0 atom stereocenters. The van der Waals surface area contributed by atoms with Crippen molar-refractivity contribution in [1.29, 1.82) is 0 Å². The maximum Gasteiger partial charge on any atom is 0.111 e. The van der Waals surface area contributed by atoms with E-state index in [2.05, 4.69) is 0 Å². The summed E-state index contributed by atoms with van der Waals surface area (Å²) in [5.41, 5.74) is -0.634. The monoisotopic (exact) mass is 86.1 g/mol. The van der Waals surface area contributed by atoms with Crippen LogP contribution >= 0.6 is 0 Å². The van der Waals surface area contributed by atoms with Gasteiger partial charge in [0.05, 0.1) is 0 Å². The SMILES string of the molecule is FC12CC(C1)C2. The van der Waals surface area contributed by atoms with Crippen LogP contribution in [-0.2, 0) is 0 Å². The first-order chi connectivity index (χ1) is 2.79. The molecule has 0 N–H and O–H groups in total. The maximum absolute atomic E-state index is 12.3. The van der Waals surface area contributed by atoms with Gasteiger partial charge in [-0.05, 0) is 25.2 Å². The van der Waals surface area contributed by atoms with Gasteiger partial charge >= 0.3 is 0 Å². The summed E-state index contributed by atoms with van der Waals surface area (Å²) in [6.45, 7) is 0. The van der Waals surface area contributed by atoms with Gasteiger partial charge in [0.1, 0.15) is 5.67 Å². The molecule has 0 heterocycles. The van der Waals surface area contributed by atoms with Crippen LogP contribution in [0.4, 0.5) is 4.39 Å². The van der Waals surface area contributed by atoms with Crippen molar-refractivity contribution in [2.75, 3.05) is 0 Å². The molecule has 3 aliphatic rings. The van der Waals surface area contributed by atoms with Crippen LogP contribution in [-0.4, -0.2) is 5.67 Å². The van der Waals surface area contributed by atoms with Crippen LogP contribution in [0.5, 0.6) is 0 Å². The first-order valence-electron chi connectivity index (χ1n) is 2.47. The van der Waals surface area contributed by atoms with Gasteiger partial charge in [0.25, 0.3) is 0 Å². The molecule has 3 rings (SSSR count). The average molecular weight is 86.1 g/mol. The molecule has 3 saturated carbocycles. The largest absolute Gasteiger partial charge is 0.244 e. The normalized spacial score (nSPS) is 62.5. The second-order valence-corrected chi connectivity index (χ2v) is 2.63. The highest BCUT2D eigenvalue weighted by atomic mass is 19.1. The second kappa shape index (κ2) is 0.535. The van der Waals surface area contributed by atoms with Gasteiger partial charge in [0.15, 0.2) is 0 Å². The smallest absolute Gasteiger partial charge is 0.111 e. The first kappa shape index (κ1) is 3.00. The van der Waals surface area contributed by atoms with E-state index in [0.29, 0.717) is 0 Å². The zero-order valence-corrected chi connectivity index (χ0v) is 3.58. The zero-order chi connectivity index (χ0) is 4.20. The Morgan fingerprint density at radius 1 is 1.33 bits per heavy atom. The predicted octanol–water partition coefficient (Wildman–Crippen LogP) is 1.51. The van der Waals surface area contributed by atoms with Crippen molar-refractivity contribution < 1.29 is 4.39 Å². The molecule has 0 unspecified atom stereocenters. The van der Waals surface area contributed by atoms with Crippen LogP contribution in [0.25, 0.3) is 0 Å². The molecule has 0 aromatic rings. The van der Waals surface area contributed by atoms with E-state index < -0.39 is 5.67 Å². The Kier molecular flexibility index (Phi) is 0.268. The van der Waals surface area contributed by atoms with Crippen LogP contribution in [0.1, 0.15) is 19.3 Å². The molecule has 3 aliphatic carbocycles. The molecule has 3 fully saturated rings. The molecule has 0 amide bonds. The van der Waals surface area contributed by atoms with Crippen molar-refractivity contribution in [1.82, 2.24) is 0 Å². The highest BCUT2D eigenvalue weighted by Crippen LogP contribution is 2.59. The minimum Gasteiger partial charge on any atom is -0.244 e. The molecule has 0 radical (unpaired) electrons. The van der Waals surface area contributed by atoms with Gasteiger partial charge in [-0.25, -0.2) is 4.39 Å². The predicted molar refractivity (Wildman–Crippen MR) is 21.2 cm³/mol. The van der Waals surface area contributed by atoms with E-state index in [-0.39, 0.29) is 0 Å². The van der Waals surface area contributed by atoms with Crippen molar-refractivity contribution in [2.24, 2.45) is 5.92 Å². The van der Waals surface area contributed by atoms with E-state index in [1.54, 1.807) is 0 Å². The van der Waals surface area contributed by atoms with Gasteiger partial charge in [-0.15, -0.1) is 0 Å². The maximum atomic E-state index is 12.3. The zero-order valence-electron chi connectivity index (χ0n) is 3.58. The summed E-state index contributed by atoms with van der Waals surface area (Å²) in [5.74, 6) is 0.801. The van der Waals surface area contributed by atoms with E-state index in [1.807, 2.05) is 0 Å². The third kappa shape index (κ3) is 0.151. The quantitative estimate of drug-likeness (QED) is 0.419. The Hall–Kier alpha value is -0.0700. The van der Waals surface area contributed by atoms with Gasteiger partial charge in [-0.3, -0.25) is 0 Å². The van der Waals surface area contributed by atoms with Gasteiger partial charge < -0.3 is 0 Å². The molecular formula is C5H7F. The summed E-state index contributed by atoms with van der Waals surface area (Å²) < 4.78 is 12.3. The van der Waals surface area contributed by atoms with Crippen molar-refractivity contribution >= 4 is 0 Å². The summed E-state index contributed by atoms with van der Waals surface area (Å²) in [5, 5.41) is 0. The molecule has 0 aromatic carbocycles. The van der Waals surface area contributed by atoms with Gasteiger partial charge in [-0.2, -0.15) is 0 Å². The highest BCUT2D eigenvalue weighted by molar-refractivity contribution is 5.08. The molecule has 2 bridgehead atoms. The fourth-order valence-electron chi connectivity index (χ4n) is 1.37. The lowest BCUT2D eigenvalue weighted by molar-refractivity contribution is -0.128. The number of hydrogen-bond acceptors (Lipinski definition) is 0. The van der Waals surface area contributed by atoms with Gasteiger partial charge in [0, 0.05) is 0 Å². The molecule has 0 nitrogen and oxygen atoms in total. The van der Waals surface area contributed by atoms with Gasteiger partial charge in [-0.1, -0.05) is 0 Å². The van der Waals surface area contributed by atoms with Crippen molar-refractivity contribution in [3.8, 4) is 0 Å². The lowest BCUT2D eigenvalue weighted by Crippen LogP contribution is -2.54. The van der Waals surface area contributed by atoms with E-state index in [4.69, 9.17) is 0 Å². The van der Waals surface area contributed by atoms with Crippen LogP contribution in [0.15, 0.2) is 0 Å². The van der Waals surface area contributed by atoms with E-state index >= 15 is 0 Å². The number of halogens is 1. The van der Waals surface area contributed by atoms with Crippen molar-refractivity contribution in [3.05, 3.63) is 0 Å². The van der Waals surface area contributed by atoms with Crippen LogP contribution < -0.4 is 0 Å². The van der Waals surface area contributed by atoms with Crippen LogP contribution in [0.3, 0.4) is 0 Å². The standard InChI is InChI=1S/C5H7F/c6-5-1-4(2-5)3-5/h4H,1-3H2. The van der Waals surface area contributed by atoms with E-state index in [9.17, 15) is 4.39 Å². The van der Waals surface area contributed by atoms with E-state index in [0.717, 1.165) is 25.2 Å². The van der Waals surface area contributed by atoms with Crippen molar-refractivity contribution in [2.45, 2.75) is 24.9 Å².